The summed E-state index contributed by atoms with van der Waals surface area (Å²) < 4.78 is 0. The van der Waals surface area contributed by atoms with Gasteiger partial charge in [0.25, 0.3) is 0 Å². The van der Waals surface area contributed by atoms with Gasteiger partial charge in [-0.05, 0) is 43.1 Å². The van der Waals surface area contributed by atoms with Gasteiger partial charge in [-0.1, -0.05) is 38.5 Å². The van der Waals surface area contributed by atoms with Crippen LogP contribution in [0.15, 0.2) is 23.3 Å². The molecule has 0 aromatic heterocycles. The zero-order valence-electron chi connectivity index (χ0n) is 11.0. The van der Waals surface area contributed by atoms with Crippen molar-refractivity contribution in [2.75, 3.05) is 0 Å². The van der Waals surface area contributed by atoms with E-state index in [0.717, 1.165) is 6.29 Å². The molecule has 0 spiro atoms. The van der Waals surface area contributed by atoms with Gasteiger partial charge in [-0.15, -0.1) is 0 Å². The molecule has 0 saturated heterocycles. The molecule has 0 N–H and O–H groups in total. The first-order valence-corrected chi connectivity index (χ1v) is 6.29. The van der Waals surface area contributed by atoms with Crippen LogP contribution in [0.2, 0.25) is 0 Å². The van der Waals surface area contributed by atoms with Gasteiger partial charge in [0.15, 0.2) is 0 Å². The molecule has 1 nitrogen and oxygen atoms in total. The molecule has 1 aliphatic rings. The third kappa shape index (κ3) is 3.33. The maximum Gasteiger partial charge on any atom is 0.120 e. The Morgan fingerprint density at radius 3 is 2.69 bits per heavy atom. The summed E-state index contributed by atoms with van der Waals surface area (Å²) in [4.78, 5) is 10.4. The smallest absolute Gasteiger partial charge is 0.120 e. The number of aldehydes is 1. The van der Waals surface area contributed by atoms with Crippen LogP contribution in [0.25, 0.3) is 0 Å². The van der Waals surface area contributed by atoms with Crippen molar-refractivity contribution in [3.05, 3.63) is 23.3 Å². The van der Waals surface area contributed by atoms with E-state index in [1.54, 1.807) is 0 Å². The van der Waals surface area contributed by atoms with E-state index in [2.05, 4.69) is 39.8 Å². The van der Waals surface area contributed by atoms with Crippen LogP contribution in [-0.4, -0.2) is 6.29 Å². The highest BCUT2D eigenvalue weighted by atomic mass is 16.1. The second-order valence-corrected chi connectivity index (χ2v) is 5.67. The zero-order chi connectivity index (χ0) is 12.2. The van der Waals surface area contributed by atoms with Crippen LogP contribution in [0.4, 0.5) is 0 Å². The largest absolute Gasteiger partial charge is 0.303 e. The molecule has 0 radical (unpaired) electrons. The summed E-state index contributed by atoms with van der Waals surface area (Å²) in [6, 6.07) is 0. The van der Waals surface area contributed by atoms with E-state index < -0.39 is 0 Å². The lowest BCUT2D eigenvalue weighted by Gasteiger charge is -2.33. The maximum atomic E-state index is 10.4. The fourth-order valence-corrected chi connectivity index (χ4v) is 2.50. The standard InChI is InChI=1S/C15H24O/c1-12(9-11-16)7-8-14-13(2)6-5-10-15(14,3)4/h7-8,11-12H,5-6,9-10H2,1-4H3/b8-7+. The molecule has 0 aromatic carbocycles. The number of carbonyl (C=O) groups is 1. The van der Waals surface area contributed by atoms with Crippen LogP contribution in [0, 0.1) is 11.3 Å². The highest BCUT2D eigenvalue weighted by molar-refractivity contribution is 5.50. The number of hydrogen-bond donors (Lipinski definition) is 0. The minimum Gasteiger partial charge on any atom is -0.303 e. The Kier molecular flexibility index (Phi) is 4.52. The minimum atomic E-state index is 0.305. The summed E-state index contributed by atoms with van der Waals surface area (Å²) in [5, 5.41) is 0. The number of rotatable bonds is 4. The van der Waals surface area contributed by atoms with E-state index in [1.165, 1.54) is 30.4 Å². The fourth-order valence-electron chi connectivity index (χ4n) is 2.50. The summed E-state index contributed by atoms with van der Waals surface area (Å²) in [7, 11) is 0. The number of carbonyl (C=O) groups excluding carboxylic acids is 1. The molecule has 0 bridgehead atoms. The molecule has 0 aromatic rings. The normalized spacial score (nSPS) is 22.5. The van der Waals surface area contributed by atoms with Gasteiger partial charge in [0.2, 0.25) is 0 Å². The summed E-state index contributed by atoms with van der Waals surface area (Å²) in [6.07, 6.45) is 9.87. The van der Waals surface area contributed by atoms with Gasteiger partial charge in [0, 0.05) is 6.42 Å². The SMILES string of the molecule is CC1=C(/C=C/C(C)CC=O)C(C)(C)CCC1. The van der Waals surface area contributed by atoms with E-state index in [-0.39, 0.29) is 0 Å². The molecular formula is C15H24O. The van der Waals surface area contributed by atoms with E-state index in [0.29, 0.717) is 17.8 Å². The molecule has 1 rings (SSSR count). The number of hydrogen-bond acceptors (Lipinski definition) is 1. The van der Waals surface area contributed by atoms with E-state index in [1.807, 2.05) is 0 Å². The molecule has 0 fully saturated rings. The van der Waals surface area contributed by atoms with Crippen LogP contribution in [0.5, 0.6) is 0 Å². The van der Waals surface area contributed by atoms with E-state index in [9.17, 15) is 4.79 Å². The Morgan fingerprint density at radius 1 is 1.44 bits per heavy atom. The predicted octanol–water partition coefficient (Wildman–Crippen LogP) is 4.29. The van der Waals surface area contributed by atoms with E-state index >= 15 is 0 Å². The Bertz CT molecular complexity index is 307. The highest BCUT2D eigenvalue weighted by Crippen LogP contribution is 2.40. The second-order valence-electron chi connectivity index (χ2n) is 5.67. The van der Waals surface area contributed by atoms with Crippen LogP contribution in [-0.2, 0) is 4.79 Å². The second kappa shape index (κ2) is 5.47. The van der Waals surface area contributed by atoms with Gasteiger partial charge in [-0.25, -0.2) is 0 Å². The first-order chi connectivity index (χ1) is 7.47. The van der Waals surface area contributed by atoms with E-state index in [4.69, 9.17) is 0 Å². The topological polar surface area (TPSA) is 17.1 Å². The summed E-state index contributed by atoms with van der Waals surface area (Å²) in [5.41, 5.74) is 3.31. The van der Waals surface area contributed by atoms with Gasteiger partial charge < -0.3 is 4.79 Å². The maximum absolute atomic E-state index is 10.4. The number of allylic oxidation sites excluding steroid dienone is 4. The van der Waals surface area contributed by atoms with Crippen LogP contribution in [0.1, 0.15) is 53.4 Å². The first-order valence-electron chi connectivity index (χ1n) is 6.29. The molecular weight excluding hydrogens is 196 g/mol. The van der Waals surface area contributed by atoms with Crippen molar-refractivity contribution in [3.63, 3.8) is 0 Å². The molecule has 0 aliphatic heterocycles. The van der Waals surface area contributed by atoms with Gasteiger partial charge in [-0.2, -0.15) is 0 Å². The lowest BCUT2D eigenvalue weighted by molar-refractivity contribution is -0.108. The Balaban J connectivity index is 2.80. The van der Waals surface area contributed by atoms with Crippen molar-refractivity contribution in [1.82, 2.24) is 0 Å². The van der Waals surface area contributed by atoms with Gasteiger partial charge in [0.1, 0.15) is 6.29 Å². The van der Waals surface area contributed by atoms with Crippen molar-refractivity contribution in [2.45, 2.75) is 53.4 Å². The first kappa shape index (κ1) is 13.2. The molecule has 1 aliphatic carbocycles. The molecule has 1 atom stereocenters. The molecule has 90 valence electrons. The zero-order valence-corrected chi connectivity index (χ0v) is 11.0. The molecule has 0 amide bonds. The quantitative estimate of drug-likeness (QED) is 0.646. The van der Waals surface area contributed by atoms with Gasteiger partial charge in [-0.3, -0.25) is 0 Å². The molecule has 16 heavy (non-hydrogen) atoms. The van der Waals surface area contributed by atoms with Crippen molar-refractivity contribution in [2.24, 2.45) is 11.3 Å². The van der Waals surface area contributed by atoms with Crippen LogP contribution >= 0.6 is 0 Å². The van der Waals surface area contributed by atoms with Crippen LogP contribution < -0.4 is 0 Å². The molecule has 0 heterocycles. The van der Waals surface area contributed by atoms with Gasteiger partial charge in [0.05, 0.1) is 0 Å². The van der Waals surface area contributed by atoms with Crippen molar-refractivity contribution >= 4 is 6.29 Å². The predicted molar refractivity (Wildman–Crippen MR) is 69.3 cm³/mol. The average molecular weight is 220 g/mol. The fraction of sp³-hybridized carbons (Fsp3) is 0.667. The molecule has 1 unspecified atom stereocenters. The summed E-state index contributed by atoms with van der Waals surface area (Å²) in [5.74, 6) is 0.357. The third-order valence-corrected chi connectivity index (χ3v) is 3.60. The van der Waals surface area contributed by atoms with Crippen LogP contribution in [0.3, 0.4) is 0 Å². The Hall–Kier alpha value is -0.850. The summed E-state index contributed by atoms with van der Waals surface area (Å²) >= 11 is 0. The molecule has 1 heteroatoms. The lowest BCUT2D eigenvalue weighted by atomic mass is 9.72. The minimum absolute atomic E-state index is 0.305. The molecule has 0 saturated carbocycles. The average Bonchev–Trinajstić information content (AvgIpc) is 2.16. The van der Waals surface area contributed by atoms with Crippen molar-refractivity contribution in [3.8, 4) is 0 Å². The lowest BCUT2D eigenvalue weighted by Crippen LogP contribution is -2.19. The monoisotopic (exact) mass is 220 g/mol. The van der Waals surface area contributed by atoms with Crippen molar-refractivity contribution < 1.29 is 4.79 Å². The summed E-state index contributed by atoms with van der Waals surface area (Å²) in [6.45, 7) is 8.97. The Labute approximate surface area is 99.6 Å². The van der Waals surface area contributed by atoms with Crippen molar-refractivity contribution in [1.29, 1.82) is 0 Å². The third-order valence-electron chi connectivity index (χ3n) is 3.60. The highest BCUT2D eigenvalue weighted by Gasteiger charge is 2.26. The Morgan fingerprint density at radius 2 is 2.12 bits per heavy atom. The van der Waals surface area contributed by atoms with Gasteiger partial charge >= 0.3 is 0 Å².